The molecule has 0 aliphatic rings. The summed E-state index contributed by atoms with van der Waals surface area (Å²) in [5, 5.41) is 16.9. The topological polar surface area (TPSA) is 20.2 Å². The number of rotatable bonds is 4. The molecule has 4 rings (SSSR count). The molecule has 0 saturated heterocycles. The molecule has 0 fully saturated rings. The molecule has 0 aliphatic heterocycles. The van der Waals surface area contributed by atoms with Gasteiger partial charge in [-0.3, -0.25) is 0 Å². The summed E-state index contributed by atoms with van der Waals surface area (Å²) in [5.41, 5.74) is 2.02. The average Bonchev–Trinajstić information content (AvgIpc) is 2.81. The summed E-state index contributed by atoms with van der Waals surface area (Å²) in [7, 11) is -2.81. The molecule has 0 atom stereocenters. The first kappa shape index (κ1) is 24.2. The van der Waals surface area contributed by atoms with E-state index in [2.05, 4.69) is 145 Å². The Morgan fingerprint density at radius 3 is 1.24 bits per heavy atom. The van der Waals surface area contributed by atoms with Crippen LogP contribution in [0.25, 0.3) is 0 Å². The van der Waals surface area contributed by atoms with Crippen LogP contribution in [0.4, 0.5) is 0 Å². The minimum absolute atomic E-state index is 0.0490. The van der Waals surface area contributed by atoms with E-state index in [9.17, 15) is 5.11 Å². The van der Waals surface area contributed by atoms with Crippen LogP contribution < -0.4 is 21.2 Å². The zero-order valence-electron chi connectivity index (χ0n) is 21.3. The normalized spacial score (nSPS) is 13.0. The Bertz CT molecular complexity index is 1150. The van der Waals surface area contributed by atoms with Crippen LogP contribution >= 0.6 is 7.26 Å². The predicted molar refractivity (Wildman–Crippen MR) is 152 cm³/mol. The Morgan fingerprint density at radius 1 is 0.529 bits per heavy atom. The van der Waals surface area contributed by atoms with Gasteiger partial charge in [-0.15, -0.1) is 0 Å². The summed E-state index contributed by atoms with van der Waals surface area (Å²) in [6.45, 7) is 13.3. The van der Waals surface area contributed by atoms with Crippen molar-refractivity contribution < 1.29 is 5.11 Å². The Labute approximate surface area is 205 Å². The van der Waals surface area contributed by atoms with Gasteiger partial charge in [0.05, 0.1) is 0 Å². The van der Waals surface area contributed by atoms with Crippen molar-refractivity contribution in [1.82, 2.24) is 0 Å². The van der Waals surface area contributed by atoms with Crippen LogP contribution in [-0.4, -0.2) is 5.11 Å². The van der Waals surface area contributed by atoms with Crippen LogP contribution in [0.15, 0.2) is 103 Å². The summed E-state index contributed by atoms with van der Waals surface area (Å²) in [6.07, 6.45) is 0. The van der Waals surface area contributed by atoms with Crippen molar-refractivity contribution in [3.63, 3.8) is 0 Å². The SMILES string of the molecule is CC(C)(C)c1cc(C(C)(C)C)c(O)c([PH](c2ccccc2)(c2ccccc2)c2ccccc2)c1. The Kier molecular flexibility index (Phi) is 6.45. The quantitative estimate of drug-likeness (QED) is 0.347. The van der Waals surface area contributed by atoms with Gasteiger partial charge in [0.25, 0.3) is 0 Å². The molecule has 1 nitrogen and oxygen atoms in total. The van der Waals surface area contributed by atoms with Crippen molar-refractivity contribution in [3.8, 4) is 5.75 Å². The van der Waals surface area contributed by atoms with Crippen molar-refractivity contribution in [2.75, 3.05) is 0 Å². The molecule has 4 aromatic rings. The van der Waals surface area contributed by atoms with Gasteiger partial charge in [-0.2, -0.15) is 0 Å². The first-order chi connectivity index (χ1) is 16.1. The van der Waals surface area contributed by atoms with Gasteiger partial charge in [-0.1, -0.05) is 0 Å². The van der Waals surface area contributed by atoms with Gasteiger partial charge in [-0.05, 0) is 0 Å². The van der Waals surface area contributed by atoms with Gasteiger partial charge in [0.1, 0.15) is 0 Å². The molecule has 0 heterocycles. The van der Waals surface area contributed by atoms with Gasteiger partial charge in [-0.25, -0.2) is 0 Å². The average molecular weight is 469 g/mol. The number of hydrogen-bond acceptors (Lipinski definition) is 1. The van der Waals surface area contributed by atoms with Crippen LogP contribution in [0.5, 0.6) is 5.75 Å². The molecular weight excluding hydrogens is 431 g/mol. The molecule has 34 heavy (non-hydrogen) atoms. The fourth-order valence-corrected chi connectivity index (χ4v) is 9.83. The number of phenols is 1. The Hall–Kier alpha value is -2.89. The third-order valence-electron chi connectivity index (χ3n) is 6.81. The van der Waals surface area contributed by atoms with Gasteiger partial charge in [0.15, 0.2) is 0 Å². The molecule has 1 N–H and O–H groups in total. The molecule has 2 heteroatoms. The van der Waals surface area contributed by atoms with Crippen LogP contribution in [0, 0.1) is 0 Å². The summed E-state index contributed by atoms with van der Waals surface area (Å²) in [4.78, 5) is 0. The molecule has 0 aliphatic carbocycles. The van der Waals surface area contributed by atoms with Crippen molar-refractivity contribution in [3.05, 3.63) is 114 Å². The number of aromatic hydroxyl groups is 1. The van der Waals surface area contributed by atoms with E-state index in [1.54, 1.807) is 0 Å². The van der Waals surface area contributed by atoms with Gasteiger partial charge < -0.3 is 0 Å². The van der Waals surface area contributed by atoms with E-state index in [1.165, 1.54) is 21.5 Å². The molecule has 0 amide bonds. The fourth-order valence-electron chi connectivity index (χ4n) is 4.96. The summed E-state index contributed by atoms with van der Waals surface area (Å²) >= 11 is 0. The van der Waals surface area contributed by atoms with E-state index >= 15 is 0 Å². The third kappa shape index (κ3) is 4.30. The second-order valence-electron chi connectivity index (χ2n) is 11.3. The molecule has 0 aromatic heterocycles. The number of benzene rings is 4. The molecule has 176 valence electrons. The number of phenolic OH excluding ortho intramolecular Hbond substituents is 1. The Morgan fingerprint density at radius 2 is 0.912 bits per heavy atom. The maximum atomic E-state index is 12.1. The molecule has 0 unspecified atom stereocenters. The fraction of sp³-hybridized carbons (Fsp3) is 0.250. The second kappa shape index (κ2) is 9.05. The van der Waals surface area contributed by atoms with Gasteiger partial charge in [0.2, 0.25) is 0 Å². The predicted octanol–water partition coefficient (Wildman–Crippen LogP) is 6.34. The van der Waals surface area contributed by atoms with Crippen molar-refractivity contribution in [2.24, 2.45) is 0 Å². The van der Waals surface area contributed by atoms with Crippen molar-refractivity contribution >= 4 is 28.5 Å². The van der Waals surface area contributed by atoms with E-state index in [1.807, 2.05) is 0 Å². The molecular formula is C32H37OP. The van der Waals surface area contributed by atoms with E-state index in [4.69, 9.17) is 0 Å². The summed E-state index contributed by atoms with van der Waals surface area (Å²) in [6, 6.07) is 36.9. The zero-order chi connectivity index (χ0) is 24.6. The Balaban J connectivity index is 2.25. The van der Waals surface area contributed by atoms with Crippen LogP contribution in [0.1, 0.15) is 52.7 Å². The van der Waals surface area contributed by atoms with Crippen molar-refractivity contribution in [2.45, 2.75) is 52.4 Å². The van der Waals surface area contributed by atoms with Crippen molar-refractivity contribution in [1.29, 1.82) is 0 Å². The maximum absolute atomic E-state index is 12.1. The molecule has 4 aromatic carbocycles. The van der Waals surface area contributed by atoms with E-state index < -0.39 is 7.26 Å². The van der Waals surface area contributed by atoms with Crippen LogP contribution in [0.2, 0.25) is 0 Å². The third-order valence-corrected chi connectivity index (χ3v) is 11.6. The molecule has 0 bridgehead atoms. The number of hydrogen-bond donors (Lipinski definition) is 1. The second-order valence-corrected chi connectivity index (χ2v) is 15.0. The minimum atomic E-state index is -2.81. The van der Waals surface area contributed by atoms with E-state index in [0.717, 1.165) is 10.9 Å². The van der Waals surface area contributed by atoms with Gasteiger partial charge in [0, 0.05) is 0 Å². The van der Waals surface area contributed by atoms with Crippen LogP contribution in [0.3, 0.4) is 0 Å². The molecule has 0 spiro atoms. The zero-order valence-corrected chi connectivity index (χ0v) is 22.3. The first-order valence-corrected chi connectivity index (χ1v) is 14.1. The summed E-state index contributed by atoms with van der Waals surface area (Å²) < 4.78 is 0. The van der Waals surface area contributed by atoms with Gasteiger partial charge >= 0.3 is 206 Å². The standard InChI is InChI=1S/C32H37OP/c1-31(2,3)24-22-28(32(4,5)6)30(33)29(23-24)34(25-16-10-7-11-17-25,26-18-12-8-13-19-26)27-20-14-9-15-21-27/h7-23,33-34H,1-6H3. The molecule has 0 radical (unpaired) electrons. The first-order valence-electron chi connectivity index (χ1n) is 12.1. The summed E-state index contributed by atoms with van der Waals surface area (Å²) in [5.74, 6) is 0.434. The molecule has 0 saturated carbocycles. The van der Waals surface area contributed by atoms with E-state index in [-0.39, 0.29) is 10.8 Å². The van der Waals surface area contributed by atoms with Crippen LogP contribution in [-0.2, 0) is 10.8 Å². The van der Waals surface area contributed by atoms with E-state index in [0.29, 0.717) is 5.75 Å². The monoisotopic (exact) mass is 468 g/mol.